The van der Waals surface area contributed by atoms with Gasteiger partial charge in [-0.2, -0.15) is 11.8 Å². The number of hydrogen-bond donors (Lipinski definition) is 1. The molecule has 1 aliphatic rings. The second-order valence-electron chi connectivity index (χ2n) is 4.53. The zero-order valence-corrected chi connectivity index (χ0v) is 10.9. The molecule has 2 N–H and O–H groups in total. The normalized spacial score (nSPS) is 28.9. The molecule has 1 aromatic rings. The standard InChI is InChI=1S/C13H17FN2S/c1-13(17-2)8-7-11(16-12(13)15)9-5-3-4-6-10(9)14/h3-6,11H,7-8H2,1-2H3,(H2,15,16). The van der Waals surface area contributed by atoms with Crippen molar-refractivity contribution in [2.45, 2.75) is 30.6 Å². The first-order chi connectivity index (χ1) is 8.07. The summed E-state index contributed by atoms with van der Waals surface area (Å²) in [6.07, 6.45) is 3.81. The molecule has 1 aromatic carbocycles. The van der Waals surface area contributed by atoms with Crippen molar-refractivity contribution in [2.24, 2.45) is 10.7 Å². The first kappa shape index (κ1) is 12.4. The molecule has 0 fully saturated rings. The second kappa shape index (κ2) is 4.69. The summed E-state index contributed by atoms with van der Waals surface area (Å²) in [4.78, 5) is 4.47. The Morgan fingerprint density at radius 1 is 1.47 bits per heavy atom. The first-order valence-electron chi connectivity index (χ1n) is 5.70. The molecule has 2 unspecified atom stereocenters. The van der Waals surface area contributed by atoms with Crippen LogP contribution in [-0.4, -0.2) is 16.8 Å². The van der Waals surface area contributed by atoms with E-state index < -0.39 is 0 Å². The van der Waals surface area contributed by atoms with Gasteiger partial charge in [-0.05, 0) is 32.1 Å². The monoisotopic (exact) mass is 252 g/mol. The molecule has 2 rings (SSSR count). The molecular formula is C13H17FN2S. The van der Waals surface area contributed by atoms with Gasteiger partial charge in [0.15, 0.2) is 0 Å². The maximum absolute atomic E-state index is 13.7. The highest BCUT2D eigenvalue weighted by molar-refractivity contribution is 8.00. The molecule has 1 heterocycles. The Bertz CT molecular complexity index is 447. The van der Waals surface area contributed by atoms with Gasteiger partial charge in [0.1, 0.15) is 11.7 Å². The van der Waals surface area contributed by atoms with Crippen LogP contribution in [0.1, 0.15) is 31.4 Å². The van der Waals surface area contributed by atoms with Crippen LogP contribution in [0.15, 0.2) is 29.3 Å². The van der Waals surface area contributed by atoms with Crippen molar-refractivity contribution in [1.29, 1.82) is 0 Å². The Morgan fingerprint density at radius 3 is 2.76 bits per heavy atom. The lowest BCUT2D eigenvalue weighted by atomic mass is 9.92. The molecule has 0 saturated heterocycles. The van der Waals surface area contributed by atoms with Gasteiger partial charge >= 0.3 is 0 Å². The Hall–Kier alpha value is -1.03. The van der Waals surface area contributed by atoms with Crippen molar-refractivity contribution >= 4 is 17.6 Å². The lowest BCUT2D eigenvalue weighted by Crippen LogP contribution is -2.41. The summed E-state index contributed by atoms with van der Waals surface area (Å²) in [5.41, 5.74) is 6.66. The minimum atomic E-state index is -0.193. The second-order valence-corrected chi connectivity index (χ2v) is 5.83. The Labute approximate surface area is 106 Å². The molecule has 92 valence electrons. The molecule has 17 heavy (non-hydrogen) atoms. The minimum Gasteiger partial charge on any atom is -0.386 e. The summed E-state index contributed by atoms with van der Waals surface area (Å²) in [6.45, 7) is 2.09. The Balaban J connectivity index is 2.31. The third-order valence-electron chi connectivity index (χ3n) is 3.45. The lowest BCUT2D eigenvalue weighted by Gasteiger charge is -2.33. The van der Waals surface area contributed by atoms with Gasteiger partial charge in [-0.1, -0.05) is 18.2 Å². The predicted octanol–water partition coefficient (Wildman–Crippen LogP) is 3.14. The number of aliphatic imine (C=N–C) groups is 1. The van der Waals surface area contributed by atoms with Gasteiger partial charge in [0, 0.05) is 5.56 Å². The summed E-state index contributed by atoms with van der Waals surface area (Å²) >= 11 is 1.71. The smallest absolute Gasteiger partial charge is 0.128 e. The molecule has 0 amide bonds. The highest BCUT2D eigenvalue weighted by Gasteiger charge is 2.34. The van der Waals surface area contributed by atoms with Crippen molar-refractivity contribution in [3.05, 3.63) is 35.6 Å². The molecule has 0 spiro atoms. The third-order valence-corrected chi connectivity index (χ3v) is 4.76. The van der Waals surface area contributed by atoms with Gasteiger partial charge < -0.3 is 5.73 Å². The summed E-state index contributed by atoms with van der Waals surface area (Å²) in [5.74, 6) is 0.436. The summed E-state index contributed by atoms with van der Waals surface area (Å²) in [6, 6.07) is 6.67. The number of halogens is 1. The van der Waals surface area contributed by atoms with Crippen LogP contribution in [0.5, 0.6) is 0 Å². The van der Waals surface area contributed by atoms with Crippen LogP contribution in [0.2, 0.25) is 0 Å². The van der Waals surface area contributed by atoms with Gasteiger partial charge in [0.05, 0.1) is 10.8 Å². The number of nitrogens with zero attached hydrogens (tertiary/aromatic N) is 1. The van der Waals surface area contributed by atoms with E-state index in [9.17, 15) is 4.39 Å². The number of rotatable bonds is 2. The molecule has 0 aromatic heterocycles. The minimum absolute atomic E-state index is 0.0955. The molecule has 0 saturated carbocycles. The SMILES string of the molecule is CSC1(C)CCC(c2ccccc2F)N=C1N. The van der Waals surface area contributed by atoms with Gasteiger partial charge in [0.25, 0.3) is 0 Å². The highest BCUT2D eigenvalue weighted by atomic mass is 32.2. The van der Waals surface area contributed by atoms with Crippen molar-refractivity contribution < 1.29 is 4.39 Å². The van der Waals surface area contributed by atoms with E-state index in [1.54, 1.807) is 23.9 Å². The highest BCUT2D eigenvalue weighted by Crippen LogP contribution is 2.38. The maximum atomic E-state index is 13.7. The van der Waals surface area contributed by atoms with E-state index >= 15 is 0 Å². The van der Waals surface area contributed by atoms with E-state index in [0.29, 0.717) is 11.4 Å². The number of benzene rings is 1. The average molecular weight is 252 g/mol. The number of hydrogen-bond acceptors (Lipinski definition) is 3. The van der Waals surface area contributed by atoms with Crippen LogP contribution in [0, 0.1) is 5.82 Å². The molecule has 0 bridgehead atoms. The average Bonchev–Trinajstić information content (AvgIpc) is 2.34. The van der Waals surface area contributed by atoms with Crippen LogP contribution in [0.4, 0.5) is 4.39 Å². The Morgan fingerprint density at radius 2 is 2.18 bits per heavy atom. The van der Waals surface area contributed by atoms with Crippen LogP contribution in [0.25, 0.3) is 0 Å². The lowest BCUT2D eigenvalue weighted by molar-refractivity contribution is 0.514. The van der Waals surface area contributed by atoms with Gasteiger partial charge in [0.2, 0.25) is 0 Å². The summed E-state index contributed by atoms with van der Waals surface area (Å²) in [5, 5.41) is 0. The van der Waals surface area contributed by atoms with E-state index in [0.717, 1.165) is 12.8 Å². The molecule has 2 nitrogen and oxygen atoms in total. The van der Waals surface area contributed by atoms with Crippen molar-refractivity contribution in [3.8, 4) is 0 Å². The van der Waals surface area contributed by atoms with Crippen LogP contribution >= 0.6 is 11.8 Å². The molecular weight excluding hydrogens is 235 g/mol. The summed E-state index contributed by atoms with van der Waals surface area (Å²) in [7, 11) is 0. The van der Waals surface area contributed by atoms with Crippen LogP contribution in [0.3, 0.4) is 0 Å². The Kier molecular flexibility index (Phi) is 3.43. The molecule has 0 radical (unpaired) electrons. The fourth-order valence-electron chi connectivity index (χ4n) is 2.09. The maximum Gasteiger partial charge on any atom is 0.128 e. The number of nitrogens with two attached hydrogens (primary N) is 1. The zero-order chi connectivity index (χ0) is 12.5. The van der Waals surface area contributed by atoms with Crippen LogP contribution in [-0.2, 0) is 0 Å². The molecule has 1 aliphatic heterocycles. The van der Waals surface area contributed by atoms with E-state index in [1.165, 1.54) is 6.07 Å². The third kappa shape index (κ3) is 2.32. The van der Waals surface area contributed by atoms with E-state index in [1.807, 2.05) is 12.3 Å². The quantitative estimate of drug-likeness (QED) is 0.878. The fourth-order valence-corrected chi connectivity index (χ4v) is 2.67. The first-order valence-corrected chi connectivity index (χ1v) is 6.92. The summed E-state index contributed by atoms with van der Waals surface area (Å²) < 4.78 is 13.6. The van der Waals surface area contributed by atoms with E-state index in [2.05, 4.69) is 11.9 Å². The van der Waals surface area contributed by atoms with Crippen molar-refractivity contribution in [2.75, 3.05) is 6.26 Å². The van der Waals surface area contributed by atoms with Crippen molar-refractivity contribution in [1.82, 2.24) is 0 Å². The predicted molar refractivity (Wildman–Crippen MR) is 71.9 cm³/mol. The van der Waals surface area contributed by atoms with Crippen molar-refractivity contribution in [3.63, 3.8) is 0 Å². The number of amidine groups is 1. The zero-order valence-electron chi connectivity index (χ0n) is 10.1. The molecule has 2 atom stereocenters. The van der Waals surface area contributed by atoms with Gasteiger partial charge in [-0.3, -0.25) is 4.99 Å². The van der Waals surface area contributed by atoms with E-state index in [4.69, 9.17) is 5.73 Å². The van der Waals surface area contributed by atoms with Gasteiger partial charge in [-0.15, -0.1) is 0 Å². The number of thioether (sulfide) groups is 1. The molecule has 4 heteroatoms. The molecule has 0 aliphatic carbocycles. The largest absolute Gasteiger partial charge is 0.386 e. The van der Waals surface area contributed by atoms with E-state index in [-0.39, 0.29) is 16.6 Å². The topological polar surface area (TPSA) is 38.4 Å². The van der Waals surface area contributed by atoms with Crippen LogP contribution < -0.4 is 5.73 Å². The van der Waals surface area contributed by atoms with Gasteiger partial charge in [-0.25, -0.2) is 4.39 Å². The fraction of sp³-hybridized carbons (Fsp3) is 0.462.